The lowest BCUT2D eigenvalue weighted by Gasteiger charge is -2.19. The van der Waals surface area contributed by atoms with Crippen molar-refractivity contribution in [2.24, 2.45) is 5.73 Å². The van der Waals surface area contributed by atoms with Crippen LogP contribution in [0.5, 0.6) is 0 Å². The molecule has 3 heteroatoms. The smallest absolute Gasteiger partial charge is 0.323 e. The van der Waals surface area contributed by atoms with Crippen LogP contribution >= 0.6 is 0 Å². The molecule has 2 aromatic rings. The average molecular weight is 229 g/mol. The van der Waals surface area contributed by atoms with Gasteiger partial charge in [-0.2, -0.15) is 0 Å². The van der Waals surface area contributed by atoms with Crippen LogP contribution in [0.2, 0.25) is 0 Å². The summed E-state index contributed by atoms with van der Waals surface area (Å²) in [5.41, 5.74) is 5.46. The summed E-state index contributed by atoms with van der Waals surface area (Å²) >= 11 is 0. The van der Waals surface area contributed by atoms with Gasteiger partial charge in [-0.15, -0.1) is 0 Å². The Morgan fingerprint density at radius 2 is 1.88 bits per heavy atom. The Hall–Kier alpha value is -1.87. The van der Waals surface area contributed by atoms with Crippen LogP contribution in [0.25, 0.3) is 10.8 Å². The third-order valence-electron chi connectivity index (χ3n) is 2.87. The Balaban J connectivity index is 2.34. The van der Waals surface area contributed by atoms with E-state index in [0.29, 0.717) is 6.42 Å². The minimum atomic E-state index is -1.22. The first-order chi connectivity index (χ1) is 7.99. The molecule has 1 atom stereocenters. The lowest BCUT2D eigenvalue weighted by molar-refractivity contribution is -0.142. The predicted molar refractivity (Wildman–Crippen MR) is 67.9 cm³/mol. The second kappa shape index (κ2) is 4.18. The van der Waals surface area contributed by atoms with Gasteiger partial charge in [0.25, 0.3) is 0 Å². The fraction of sp³-hybridized carbons (Fsp3) is 0.214. The summed E-state index contributed by atoms with van der Waals surface area (Å²) in [5, 5.41) is 11.2. The molecule has 0 heterocycles. The molecule has 0 saturated carbocycles. The zero-order valence-electron chi connectivity index (χ0n) is 9.68. The molecule has 2 rings (SSSR count). The number of carboxylic acid groups (broad SMARTS) is 1. The molecule has 1 unspecified atom stereocenters. The number of carbonyl (C=O) groups is 1. The zero-order chi connectivity index (χ0) is 12.5. The Bertz CT molecular complexity index is 561. The fourth-order valence-electron chi connectivity index (χ4n) is 1.85. The summed E-state index contributed by atoms with van der Waals surface area (Å²) in [6.45, 7) is 1.53. The first kappa shape index (κ1) is 11.6. The van der Waals surface area contributed by atoms with Crippen LogP contribution in [0.15, 0.2) is 42.5 Å². The lowest BCUT2D eigenvalue weighted by atomic mass is 9.93. The SMILES string of the molecule is CC(N)(Cc1ccc2ccccc2c1)C(=O)O. The summed E-state index contributed by atoms with van der Waals surface area (Å²) in [7, 11) is 0. The standard InChI is InChI=1S/C14H15NO2/c1-14(15,13(16)17)9-10-6-7-11-4-2-3-5-12(11)8-10/h2-8H,9,15H2,1H3,(H,16,17). The van der Waals surface area contributed by atoms with Gasteiger partial charge in [0.1, 0.15) is 5.54 Å². The monoisotopic (exact) mass is 229 g/mol. The molecule has 17 heavy (non-hydrogen) atoms. The summed E-state index contributed by atoms with van der Waals surface area (Å²) < 4.78 is 0. The van der Waals surface area contributed by atoms with Gasteiger partial charge in [0, 0.05) is 6.42 Å². The highest BCUT2D eigenvalue weighted by Gasteiger charge is 2.27. The maximum atomic E-state index is 11.0. The minimum absolute atomic E-state index is 0.327. The van der Waals surface area contributed by atoms with Crippen LogP contribution in [0.3, 0.4) is 0 Å². The number of fused-ring (bicyclic) bond motifs is 1. The molecule has 88 valence electrons. The maximum Gasteiger partial charge on any atom is 0.323 e. The van der Waals surface area contributed by atoms with E-state index >= 15 is 0 Å². The van der Waals surface area contributed by atoms with E-state index < -0.39 is 11.5 Å². The normalized spacial score (nSPS) is 14.5. The first-order valence-electron chi connectivity index (χ1n) is 5.49. The van der Waals surface area contributed by atoms with Gasteiger partial charge in [-0.1, -0.05) is 42.5 Å². The van der Waals surface area contributed by atoms with E-state index in [1.54, 1.807) is 0 Å². The molecule has 0 aromatic heterocycles. The molecule has 0 bridgehead atoms. The number of benzene rings is 2. The zero-order valence-corrected chi connectivity index (χ0v) is 9.68. The van der Waals surface area contributed by atoms with Crippen LogP contribution in [-0.2, 0) is 11.2 Å². The van der Waals surface area contributed by atoms with E-state index in [2.05, 4.69) is 0 Å². The second-order valence-electron chi connectivity index (χ2n) is 4.58. The van der Waals surface area contributed by atoms with Crippen molar-refractivity contribution >= 4 is 16.7 Å². The van der Waals surface area contributed by atoms with Crippen LogP contribution in [0, 0.1) is 0 Å². The van der Waals surface area contributed by atoms with Gasteiger partial charge in [-0.3, -0.25) is 4.79 Å². The van der Waals surface area contributed by atoms with Crippen LogP contribution in [0.4, 0.5) is 0 Å². The molecule has 0 spiro atoms. The van der Waals surface area contributed by atoms with E-state index in [4.69, 9.17) is 10.8 Å². The van der Waals surface area contributed by atoms with E-state index in [0.717, 1.165) is 16.3 Å². The largest absolute Gasteiger partial charge is 0.480 e. The van der Waals surface area contributed by atoms with Crippen LogP contribution < -0.4 is 5.73 Å². The Labute approximate surface area is 99.9 Å². The summed E-state index contributed by atoms with van der Waals surface area (Å²) in [6, 6.07) is 13.9. The Morgan fingerprint density at radius 1 is 1.24 bits per heavy atom. The number of nitrogens with two attached hydrogens (primary N) is 1. The summed E-state index contributed by atoms with van der Waals surface area (Å²) in [5.74, 6) is -0.981. The van der Waals surface area contributed by atoms with Gasteiger partial charge in [0.15, 0.2) is 0 Å². The highest BCUT2D eigenvalue weighted by Crippen LogP contribution is 2.18. The van der Waals surface area contributed by atoms with E-state index in [1.807, 2.05) is 42.5 Å². The molecule has 0 fully saturated rings. The maximum absolute atomic E-state index is 11.0. The third kappa shape index (κ3) is 2.45. The molecule has 0 saturated heterocycles. The molecule has 0 aliphatic rings. The fourth-order valence-corrected chi connectivity index (χ4v) is 1.85. The van der Waals surface area contributed by atoms with Gasteiger partial charge in [-0.25, -0.2) is 0 Å². The molecule has 3 nitrogen and oxygen atoms in total. The molecule has 0 aliphatic carbocycles. The molecular formula is C14H15NO2. The molecule has 0 amide bonds. The molecular weight excluding hydrogens is 214 g/mol. The average Bonchev–Trinajstić information content (AvgIpc) is 2.28. The van der Waals surface area contributed by atoms with E-state index in [1.165, 1.54) is 6.92 Å². The predicted octanol–water partition coefficient (Wildman–Crippen LogP) is 2.18. The van der Waals surface area contributed by atoms with Gasteiger partial charge in [0.05, 0.1) is 0 Å². The first-order valence-corrected chi connectivity index (χ1v) is 5.49. The van der Waals surface area contributed by atoms with Crippen LogP contribution in [0.1, 0.15) is 12.5 Å². The van der Waals surface area contributed by atoms with Gasteiger partial charge < -0.3 is 10.8 Å². The minimum Gasteiger partial charge on any atom is -0.480 e. The number of rotatable bonds is 3. The van der Waals surface area contributed by atoms with Gasteiger partial charge >= 0.3 is 5.97 Å². The van der Waals surface area contributed by atoms with E-state index in [-0.39, 0.29) is 0 Å². The summed E-state index contributed by atoms with van der Waals surface area (Å²) in [6.07, 6.45) is 0.327. The highest BCUT2D eigenvalue weighted by atomic mass is 16.4. The van der Waals surface area contributed by atoms with Crippen LogP contribution in [-0.4, -0.2) is 16.6 Å². The number of hydrogen-bond acceptors (Lipinski definition) is 2. The number of hydrogen-bond donors (Lipinski definition) is 2. The van der Waals surface area contributed by atoms with Gasteiger partial charge in [-0.05, 0) is 23.3 Å². The van der Waals surface area contributed by atoms with Crippen molar-refractivity contribution in [3.63, 3.8) is 0 Å². The van der Waals surface area contributed by atoms with E-state index in [9.17, 15) is 4.79 Å². The van der Waals surface area contributed by atoms with Crippen molar-refractivity contribution in [3.05, 3.63) is 48.0 Å². The van der Waals surface area contributed by atoms with Crippen molar-refractivity contribution in [2.45, 2.75) is 18.9 Å². The van der Waals surface area contributed by atoms with Crippen molar-refractivity contribution in [1.29, 1.82) is 0 Å². The molecule has 2 aromatic carbocycles. The third-order valence-corrected chi connectivity index (χ3v) is 2.87. The van der Waals surface area contributed by atoms with Crippen molar-refractivity contribution in [2.75, 3.05) is 0 Å². The molecule has 0 aliphatic heterocycles. The quantitative estimate of drug-likeness (QED) is 0.848. The number of aliphatic carboxylic acids is 1. The van der Waals surface area contributed by atoms with Crippen molar-refractivity contribution < 1.29 is 9.90 Å². The van der Waals surface area contributed by atoms with Crippen molar-refractivity contribution in [1.82, 2.24) is 0 Å². The Morgan fingerprint density at radius 3 is 2.53 bits per heavy atom. The summed E-state index contributed by atoms with van der Waals surface area (Å²) in [4.78, 5) is 11.0. The molecule has 0 radical (unpaired) electrons. The topological polar surface area (TPSA) is 63.3 Å². The number of carboxylic acids is 1. The van der Waals surface area contributed by atoms with Gasteiger partial charge in [0.2, 0.25) is 0 Å². The van der Waals surface area contributed by atoms with Crippen molar-refractivity contribution in [3.8, 4) is 0 Å². The molecule has 3 N–H and O–H groups in total. The second-order valence-corrected chi connectivity index (χ2v) is 4.58. The lowest BCUT2D eigenvalue weighted by Crippen LogP contribution is -2.46. The highest BCUT2D eigenvalue weighted by molar-refractivity contribution is 5.83. The Kier molecular flexibility index (Phi) is 2.86.